The van der Waals surface area contributed by atoms with Crippen LogP contribution < -0.4 is 4.74 Å². The minimum absolute atomic E-state index is 0.126. The maximum atomic E-state index is 12.0. The number of benzene rings is 2. The van der Waals surface area contributed by atoms with Gasteiger partial charge in [0.2, 0.25) is 0 Å². The zero-order valence-electron chi connectivity index (χ0n) is 21.3. The minimum Gasteiger partial charge on any atom is -0.504 e. The summed E-state index contributed by atoms with van der Waals surface area (Å²) in [6.07, 6.45) is 17.2. The maximum absolute atomic E-state index is 12.0. The molecule has 0 amide bonds. The fourth-order valence-corrected chi connectivity index (χ4v) is 6.79. The van der Waals surface area contributed by atoms with Gasteiger partial charge >= 0.3 is 5.97 Å². The van der Waals surface area contributed by atoms with Crippen molar-refractivity contribution in [2.75, 3.05) is 0 Å². The Hall–Kier alpha value is -2.69. The number of ether oxygens (including phenoxy) is 1. The molecule has 0 aliphatic heterocycles. The smallest absolute Gasteiger partial charge is 0.339 e. The Labute approximate surface area is 214 Å². The Balaban J connectivity index is 1.55. The van der Waals surface area contributed by atoms with E-state index in [1.165, 1.54) is 50.5 Å². The zero-order chi connectivity index (χ0) is 25.1. The van der Waals surface area contributed by atoms with Gasteiger partial charge in [-0.2, -0.15) is 0 Å². The predicted octanol–water partition coefficient (Wildman–Crippen LogP) is 8.73. The number of phenolic OH excluding ortho intramolecular Hbond substituents is 1. The van der Waals surface area contributed by atoms with Gasteiger partial charge in [-0.15, -0.1) is 0 Å². The highest BCUT2D eigenvalue weighted by molar-refractivity contribution is 5.92. The molecule has 3 aliphatic carbocycles. The van der Waals surface area contributed by atoms with Gasteiger partial charge < -0.3 is 20.1 Å². The molecular weight excluding hydrogens is 452 g/mol. The number of hydrogen-bond donors (Lipinski definition) is 3. The van der Waals surface area contributed by atoms with Crippen molar-refractivity contribution in [3.8, 4) is 23.0 Å². The van der Waals surface area contributed by atoms with Gasteiger partial charge in [-0.3, -0.25) is 0 Å². The number of carboxylic acid groups (broad SMARTS) is 1. The zero-order valence-corrected chi connectivity index (χ0v) is 21.3. The predicted molar refractivity (Wildman–Crippen MR) is 141 cm³/mol. The first-order valence-corrected chi connectivity index (χ1v) is 14.2. The van der Waals surface area contributed by atoms with Crippen molar-refractivity contribution in [3.63, 3.8) is 0 Å². The molecule has 36 heavy (non-hydrogen) atoms. The SMILES string of the molecule is O=C(O)c1cc(C2CCCCC2)cc(Oc2cc(C3CCCCC3)cc(C3CCCCC3)c2O)c1O. The summed E-state index contributed by atoms with van der Waals surface area (Å²) in [4.78, 5) is 12.0. The van der Waals surface area contributed by atoms with E-state index in [0.717, 1.165) is 62.5 Å². The van der Waals surface area contributed by atoms with E-state index in [4.69, 9.17) is 4.74 Å². The van der Waals surface area contributed by atoms with E-state index >= 15 is 0 Å². The second-order valence-electron chi connectivity index (χ2n) is 11.3. The summed E-state index contributed by atoms with van der Waals surface area (Å²) in [5.74, 6) is 0.0804. The summed E-state index contributed by atoms with van der Waals surface area (Å²) in [7, 11) is 0. The molecule has 5 nitrogen and oxygen atoms in total. The topological polar surface area (TPSA) is 87.0 Å². The number of carbonyl (C=O) groups is 1. The molecule has 194 valence electrons. The molecule has 0 bridgehead atoms. The molecule has 0 saturated heterocycles. The lowest BCUT2D eigenvalue weighted by atomic mass is 9.79. The molecule has 0 radical (unpaired) electrons. The van der Waals surface area contributed by atoms with Gasteiger partial charge in [0, 0.05) is 5.56 Å². The fourth-order valence-electron chi connectivity index (χ4n) is 6.79. The first-order valence-electron chi connectivity index (χ1n) is 14.2. The molecule has 3 aliphatic rings. The third kappa shape index (κ3) is 5.35. The Morgan fingerprint density at radius 3 is 1.56 bits per heavy atom. The lowest BCUT2D eigenvalue weighted by Crippen LogP contribution is -2.10. The molecule has 0 aromatic heterocycles. The van der Waals surface area contributed by atoms with Crippen LogP contribution in [0.25, 0.3) is 0 Å². The maximum Gasteiger partial charge on any atom is 0.339 e. The van der Waals surface area contributed by atoms with Gasteiger partial charge in [0.1, 0.15) is 5.56 Å². The van der Waals surface area contributed by atoms with Gasteiger partial charge in [-0.1, -0.05) is 63.9 Å². The molecule has 0 unspecified atom stereocenters. The van der Waals surface area contributed by atoms with Crippen molar-refractivity contribution in [3.05, 3.63) is 46.5 Å². The molecule has 3 fully saturated rings. The molecule has 0 spiro atoms. The van der Waals surface area contributed by atoms with E-state index < -0.39 is 5.97 Å². The number of rotatable bonds is 6. The monoisotopic (exact) mass is 492 g/mol. The van der Waals surface area contributed by atoms with E-state index in [1.54, 1.807) is 12.1 Å². The molecule has 3 saturated carbocycles. The number of hydrogen-bond acceptors (Lipinski definition) is 4. The lowest BCUT2D eigenvalue weighted by molar-refractivity contribution is 0.0693. The quantitative estimate of drug-likeness (QED) is 0.375. The van der Waals surface area contributed by atoms with Crippen molar-refractivity contribution >= 4 is 5.97 Å². The van der Waals surface area contributed by atoms with Crippen LogP contribution in [0.2, 0.25) is 0 Å². The van der Waals surface area contributed by atoms with Crippen LogP contribution in [0.15, 0.2) is 24.3 Å². The minimum atomic E-state index is -1.17. The summed E-state index contributed by atoms with van der Waals surface area (Å²) < 4.78 is 6.26. The van der Waals surface area contributed by atoms with E-state index in [2.05, 4.69) is 6.07 Å². The Morgan fingerprint density at radius 1 is 0.611 bits per heavy atom. The summed E-state index contributed by atoms with van der Waals surface area (Å²) >= 11 is 0. The summed E-state index contributed by atoms with van der Waals surface area (Å²) in [5.41, 5.74) is 2.91. The average Bonchev–Trinajstić information content (AvgIpc) is 2.92. The molecule has 0 heterocycles. The van der Waals surface area contributed by atoms with Crippen LogP contribution in [-0.2, 0) is 0 Å². The van der Waals surface area contributed by atoms with Crippen molar-refractivity contribution < 1.29 is 24.9 Å². The highest BCUT2D eigenvalue weighted by Crippen LogP contribution is 2.48. The molecule has 5 heteroatoms. The molecular formula is C31H40O5. The van der Waals surface area contributed by atoms with Crippen molar-refractivity contribution in [1.29, 1.82) is 0 Å². The summed E-state index contributed by atoms with van der Waals surface area (Å²) in [5, 5.41) is 32.1. The first-order chi connectivity index (χ1) is 17.5. The number of carboxylic acids is 1. The number of phenols is 2. The summed E-state index contributed by atoms with van der Waals surface area (Å²) in [6, 6.07) is 7.54. The fraction of sp³-hybridized carbons (Fsp3) is 0.581. The second-order valence-corrected chi connectivity index (χ2v) is 11.3. The molecule has 3 N–H and O–H groups in total. The standard InChI is InChI=1S/C31H40O5/c32-29-25(22-14-8-3-9-15-22)16-23(20-10-4-1-5-11-20)18-27(29)36-28-19-24(21-12-6-2-7-13-21)17-26(30(28)33)31(34)35/h16-22,32-33H,1-15H2,(H,34,35). The number of aromatic hydroxyl groups is 2. The normalized spacial score (nSPS) is 20.3. The molecule has 0 atom stereocenters. The van der Waals surface area contributed by atoms with Crippen LogP contribution in [-0.4, -0.2) is 21.3 Å². The number of aromatic carboxylic acids is 1. The summed E-state index contributed by atoms with van der Waals surface area (Å²) in [6.45, 7) is 0. The van der Waals surface area contributed by atoms with Gasteiger partial charge in [0.05, 0.1) is 0 Å². The van der Waals surface area contributed by atoms with Gasteiger partial charge in [-0.25, -0.2) is 4.79 Å². The van der Waals surface area contributed by atoms with E-state index in [9.17, 15) is 20.1 Å². The Kier molecular flexibility index (Phi) is 7.73. The average molecular weight is 493 g/mol. The Morgan fingerprint density at radius 2 is 1.06 bits per heavy atom. The molecule has 2 aromatic rings. The third-order valence-electron chi connectivity index (χ3n) is 8.87. The van der Waals surface area contributed by atoms with Crippen molar-refractivity contribution in [2.45, 2.75) is 114 Å². The third-order valence-corrected chi connectivity index (χ3v) is 8.87. The van der Waals surface area contributed by atoms with E-state index in [0.29, 0.717) is 17.6 Å². The molecule has 2 aromatic carbocycles. The second kappa shape index (κ2) is 11.1. The lowest BCUT2D eigenvalue weighted by Gasteiger charge is -2.28. The van der Waals surface area contributed by atoms with Gasteiger partial charge in [0.25, 0.3) is 0 Å². The van der Waals surface area contributed by atoms with Crippen LogP contribution in [0.5, 0.6) is 23.0 Å². The highest BCUT2D eigenvalue weighted by atomic mass is 16.5. The highest BCUT2D eigenvalue weighted by Gasteiger charge is 2.27. The van der Waals surface area contributed by atoms with Crippen LogP contribution in [0.4, 0.5) is 0 Å². The van der Waals surface area contributed by atoms with Crippen LogP contribution in [0, 0.1) is 0 Å². The Bertz CT molecular complexity index is 1070. The van der Waals surface area contributed by atoms with Crippen molar-refractivity contribution in [2.24, 2.45) is 0 Å². The van der Waals surface area contributed by atoms with Gasteiger partial charge in [-0.05, 0) is 85.6 Å². The van der Waals surface area contributed by atoms with Crippen LogP contribution in [0.1, 0.15) is 141 Å². The van der Waals surface area contributed by atoms with Gasteiger partial charge in [0.15, 0.2) is 23.0 Å². The largest absolute Gasteiger partial charge is 0.504 e. The van der Waals surface area contributed by atoms with Crippen LogP contribution in [0.3, 0.4) is 0 Å². The van der Waals surface area contributed by atoms with E-state index in [1.807, 2.05) is 6.07 Å². The van der Waals surface area contributed by atoms with E-state index in [-0.39, 0.29) is 28.7 Å². The van der Waals surface area contributed by atoms with Crippen molar-refractivity contribution in [1.82, 2.24) is 0 Å². The van der Waals surface area contributed by atoms with Crippen LogP contribution >= 0.6 is 0 Å². The molecule has 5 rings (SSSR count). The first kappa shape index (κ1) is 25.0.